The molecule has 0 fully saturated rings. The number of hydrogen-bond acceptors (Lipinski definition) is 1. The molecule has 2 N–H and O–H groups in total. The molecule has 2 rings (SSSR count). The van der Waals surface area contributed by atoms with Crippen LogP contribution in [0.25, 0.3) is 10.9 Å². The summed E-state index contributed by atoms with van der Waals surface area (Å²) < 4.78 is 2.06. The monoisotopic (exact) mass is 242 g/mol. The van der Waals surface area contributed by atoms with Gasteiger partial charge >= 0.3 is 0 Å². The van der Waals surface area contributed by atoms with E-state index in [0.717, 1.165) is 22.2 Å². The summed E-state index contributed by atoms with van der Waals surface area (Å²) in [6.07, 6.45) is 0. The Hall–Kier alpha value is -0.700. The third kappa shape index (κ3) is 1.53. The minimum atomic E-state index is 0.491. The third-order valence-electron chi connectivity index (χ3n) is 2.84. The van der Waals surface area contributed by atoms with Crippen molar-refractivity contribution in [1.82, 2.24) is 4.57 Å². The van der Waals surface area contributed by atoms with Crippen LogP contribution in [-0.2, 0) is 13.6 Å². The standard InChI is InChI=1S/C11H12Cl2N2/c1-6-8(5-14)11-9(13)3-7(12)4-10(11)15(6)2/h3-4H,5,14H2,1-2H3. The summed E-state index contributed by atoms with van der Waals surface area (Å²) in [7, 11) is 1.99. The average Bonchev–Trinajstić information content (AvgIpc) is 2.42. The number of aromatic nitrogens is 1. The highest BCUT2D eigenvalue weighted by molar-refractivity contribution is 6.38. The summed E-state index contributed by atoms with van der Waals surface area (Å²) in [6, 6.07) is 3.67. The molecule has 0 amide bonds. The van der Waals surface area contributed by atoms with Crippen molar-refractivity contribution in [3.8, 4) is 0 Å². The molecule has 0 unspecified atom stereocenters. The van der Waals surface area contributed by atoms with E-state index in [1.165, 1.54) is 0 Å². The fourth-order valence-corrected chi connectivity index (χ4v) is 2.53. The van der Waals surface area contributed by atoms with Crippen molar-refractivity contribution in [3.05, 3.63) is 33.4 Å². The molecule has 4 heteroatoms. The maximum absolute atomic E-state index is 6.18. The quantitative estimate of drug-likeness (QED) is 0.818. The molecule has 0 spiro atoms. The van der Waals surface area contributed by atoms with Gasteiger partial charge < -0.3 is 10.3 Å². The van der Waals surface area contributed by atoms with Crippen LogP contribution in [0, 0.1) is 6.92 Å². The van der Waals surface area contributed by atoms with E-state index >= 15 is 0 Å². The molecule has 80 valence electrons. The second-order valence-electron chi connectivity index (χ2n) is 3.61. The molecule has 2 nitrogen and oxygen atoms in total. The van der Waals surface area contributed by atoms with Crippen molar-refractivity contribution in [2.45, 2.75) is 13.5 Å². The van der Waals surface area contributed by atoms with Crippen molar-refractivity contribution >= 4 is 34.1 Å². The molecule has 15 heavy (non-hydrogen) atoms. The number of fused-ring (bicyclic) bond motifs is 1. The molecule has 2 aromatic rings. The van der Waals surface area contributed by atoms with Crippen LogP contribution in [0.3, 0.4) is 0 Å². The molecule has 0 saturated heterocycles. The number of halogens is 2. The van der Waals surface area contributed by atoms with E-state index in [-0.39, 0.29) is 0 Å². The van der Waals surface area contributed by atoms with Crippen molar-refractivity contribution < 1.29 is 0 Å². The molecule has 1 aromatic carbocycles. The van der Waals surface area contributed by atoms with E-state index in [1.54, 1.807) is 6.07 Å². The smallest absolute Gasteiger partial charge is 0.0518 e. The minimum Gasteiger partial charge on any atom is -0.348 e. The zero-order valence-corrected chi connectivity index (χ0v) is 10.2. The SMILES string of the molecule is Cc1c(CN)c2c(Cl)cc(Cl)cc2n1C. The molecule has 0 saturated carbocycles. The van der Waals surface area contributed by atoms with Gasteiger partial charge in [0.2, 0.25) is 0 Å². The van der Waals surface area contributed by atoms with Gasteiger partial charge in [0, 0.05) is 29.7 Å². The highest BCUT2D eigenvalue weighted by atomic mass is 35.5. The fraction of sp³-hybridized carbons (Fsp3) is 0.273. The van der Waals surface area contributed by atoms with Gasteiger partial charge in [0.15, 0.2) is 0 Å². The summed E-state index contributed by atoms with van der Waals surface area (Å²) in [5.41, 5.74) is 8.99. The van der Waals surface area contributed by atoms with Gasteiger partial charge in [-0.05, 0) is 24.6 Å². The molecule has 0 bridgehead atoms. The van der Waals surface area contributed by atoms with E-state index in [1.807, 2.05) is 20.0 Å². The third-order valence-corrected chi connectivity index (χ3v) is 3.36. The van der Waals surface area contributed by atoms with E-state index in [9.17, 15) is 0 Å². The van der Waals surface area contributed by atoms with Crippen molar-refractivity contribution in [3.63, 3.8) is 0 Å². The largest absolute Gasteiger partial charge is 0.348 e. The molecule has 0 aliphatic rings. The predicted molar refractivity (Wildman–Crippen MR) is 65.6 cm³/mol. The van der Waals surface area contributed by atoms with Crippen LogP contribution in [-0.4, -0.2) is 4.57 Å². The summed E-state index contributed by atoms with van der Waals surface area (Å²) in [4.78, 5) is 0. The number of aryl methyl sites for hydroxylation is 1. The van der Waals surface area contributed by atoms with Gasteiger partial charge in [0.1, 0.15) is 0 Å². The Bertz CT molecular complexity index is 529. The average molecular weight is 243 g/mol. The molecular weight excluding hydrogens is 231 g/mol. The summed E-state index contributed by atoms with van der Waals surface area (Å²) in [6.45, 7) is 2.52. The number of rotatable bonds is 1. The van der Waals surface area contributed by atoms with Crippen LogP contribution in [0.1, 0.15) is 11.3 Å². The lowest BCUT2D eigenvalue weighted by Gasteiger charge is -2.00. The lowest BCUT2D eigenvalue weighted by atomic mass is 10.1. The molecule has 0 aliphatic carbocycles. The van der Waals surface area contributed by atoms with Crippen LogP contribution in [0.15, 0.2) is 12.1 Å². The first-order valence-corrected chi connectivity index (χ1v) is 5.44. The Morgan fingerprint density at radius 1 is 1.33 bits per heavy atom. The lowest BCUT2D eigenvalue weighted by Crippen LogP contribution is -1.99. The van der Waals surface area contributed by atoms with Crippen LogP contribution in [0.5, 0.6) is 0 Å². The highest BCUT2D eigenvalue weighted by Crippen LogP contribution is 2.33. The van der Waals surface area contributed by atoms with Crippen LogP contribution in [0.4, 0.5) is 0 Å². The summed E-state index contributed by atoms with van der Waals surface area (Å²) in [5.74, 6) is 0. The number of hydrogen-bond donors (Lipinski definition) is 1. The van der Waals surface area contributed by atoms with E-state index in [2.05, 4.69) is 4.57 Å². The van der Waals surface area contributed by atoms with Gasteiger partial charge in [-0.25, -0.2) is 0 Å². The molecule has 1 aromatic heterocycles. The first-order chi connectivity index (χ1) is 7.06. The molecule has 0 atom stereocenters. The first-order valence-electron chi connectivity index (χ1n) is 4.69. The van der Waals surface area contributed by atoms with Gasteiger partial charge in [-0.1, -0.05) is 23.2 Å². The Labute approximate surface area is 98.6 Å². The second kappa shape index (κ2) is 3.71. The van der Waals surface area contributed by atoms with Crippen LogP contribution < -0.4 is 5.73 Å². The Morgan fingerprint density at radius 2 is 2.00 bits per heavy atom. The Kier molecular flexibility index (Phi) is 2.67. The lowest BCUT2D eigenvalue weighted by molar-refractivity contribution is 0.894. The maximum Gasteiger partial charge on any atom is 0.0518 e. The molecule has 0 radical (unpaired) electrons. The minimum absolute atomic E-state index is 0.491. The fourth-order valence-electron chi connectivity index (χ4n) is 1.94. The van der Waals surface area contributed by atoms with E-state index in [0.29, 0.717) is 16.6 Å². The van der Waals surface area contributed by atoms with Gasteiger partial charge in [0.05, 0.1) is 10.5 Å². The van der Waals surface area contributed by atoms with Gasteiger partial charge in [-0.15, -0.1) is 0 Å². The second-order valence-corrected chi connectivity index (χ2v) is 4.45. The highest BCUT2D eigenvalue weighted by Gasteiger charge is 2.14. The summed E-state index contributed by atoms with van der Waals surface area (Å²) in [5, 5.41) is 2.34. The topological polar surface area (TPSA) is 30.9 Å². The van der Waals surface area contributed by atoms with Crippen molar-refractivity contribution in [2.24, 2.45) is 12.8 Å². The zero-order valence-electron chi connectivity index (χ0n) is 8.64. The maximum atomic E-state index is 6.18. The van der Waals surface area contributed by atoms with Gasteiger partial charge in [0.25, 0.3) is 0 Å². The predicted octanol–water partition coefficient (Wildman–Crippen LogP) is 3.25. The van der Waals surface area contributed by atoms with E-state index < -0.39 is 0 Å². The zero-order chi connectivity index (χ0) is 11.2. The first kappa shape index (κ1) is 10.8. The van der Waals surface area contributed by atoms with E-state index in [4.69, 9.17) is 28.9 Å². The van der Waals surface area contributed by atoms with Crippen molar-refractivity contribution in [2.75, 3.05) is 0 Å². The number of nitrogens with zero attached hydrogens (tertiary/aromatic N) is 1. The van der Waals surface area contributed by atoms with Crippen LogP contribution in [0.2, 0.25) is 10.0 Å². The molecular formula is C11H12Cl2N2. The Morgan fingerprint density at radius 3 is 2.60 bits per heavy atom. The van der Waals surface area contributed by atoms with Gasteiger partial charge in [-0.2, -0.15) is 0 Å². The number of benzene rings is 1. The number of nitrogens with two attached hydrogens (primary N) is 1. The Balaban J connectivity index is 2.97. The van der Waals surface area contributed by atoms with Gasteiger partial charge in [-0.3, -0.25) is 0 Å². The summed E-state index contributed by atoms with van der Waals surface area (Å²) >= 11 is 12.1. The molecule has 1 heterocycles. The normalized spacial score (nSPS) is 11.3. The van der Waals surface area contributed by atoms with Crippen LogP contribution >= 0.6 is 23.2 Å². The molecule has 0 aliphatic heterocycles. The van der Waals surface area contributed by atoms with Crippen molar-refractivity contribution in [1.29, 1.82) is 0 Å².